The lowest BCUT2D eigenvalue weighted by Crippen LogP contribution is -2.46. The molecule has 1 aromatic rings. The van der Waals surface area contributed by atoms with E-state index in [4.69, 9.17) is 5.11 Å². The maximum absolute atomic E-state index is 13.3. The van der Waals surface area contributed by atoms with E-state index >= 15 is 0 Å². The molecule has 0 aliphatic rings. The molecule has 0 saturated carbocycles. The van der Waals surface area contributed by atoms with E-state index in [2.05, 4.69) is 26.6 Å². The minimum Gasteiger partial charge on any atom is -0.480 e. The topological polar surface area (TPSA) is 78.4 Å². The zero-order valence-electron chi connectivity index (χ0n) is 11.8. The minimum atomic E-state index is -1.08. The first-order chi connectivity index (χ1) is 9.81. The van der Waals surface area contributed by atoms with Crippen LogP contribution in [0.5, 0.6) is 0 Å². The Bertz CT molecular complexity index is 523. The molecule has 0 spiro atoms. The van der Waals surface area contributed by atoms with Crippen molar-refractivity contribution in [2.24, 2.45) is 5.92 Å². The second kappa shape index (κ2) is 7.97. The molecule has 21 heavy (non-hydrogen) atoms. The first-order valence-electron chi connectivity index (χ1n) is 6.51. The van der Waals surface area contributed by atoms with E-state index in [1.165, 1.54) is 12.1 Å². The molecule has 1 aromatic carbocycles. The highest BCUT2D eigenvalue weighted by molar-refractivity contribution is 9.10. The number of hydrogen-bond acceptors (Lipinski definition) is 2. The van der Waals surface area contributed by atoms with Crippen molar-refractivity contribution in [3.63, 3.8) is 0 Å². The molecule has 5 nitrogen and oxygen atoms in total. The summed E-state index contributed by atoms with van der Waals surface area (Å²) in [4.78, 5) is 22.8. The second-order valence-corrected chi connectivity index (χ2v) is 5.85. The molecular formula is C14H18BrFN2O3. The fourth-order valence-corrected chi connectivity index (χ4v) is 2.17. The number of amides is 2. The Morgan fingerprint density at radius 2 is 2.05 bits per heavy atom. The number of carbonyl (C=O) groups is 2. The molecular weight excluding hydrogens is 343 g/mol. The molecule has 7 heteroatoms. The van der Waals surface area contributed by atoms with Crippen LogP contribution in [0, 0.1) is 11.7 Å². The molecule has 3 N–H and O–H groups in total. The molecule has 0 aliphatic carbocycles. The van der Waals surface area contributed by atoms with Gasteiger partial charge in [0.05, 0.1) is 4.47 Å². The average Bonchev–Trinajstić information content (AvgIpc) is 2.39. The number of urea groups is 1. The van der Waals surface area contributed by atoms with E-state index in [0.717, 1.165) is 0 Å². The minimum absolute atomic E-state index is 0.0954. The Morgan fingerprint density at radius 3 is 2.62 bits per heavy atom. The highest BCUT2D eigenvalue weighted by Gasteiger charge is 2.20. The fourth-order valence-electron chi connectivity index (χ4n) is 1.76. The lowest BCUT2D eigenvalue weighted by molar-refractivity contribution is -0.139. The summed E-state index contributed by atoms with van der Waals surface area (Å²) in [7, 11) is 0. The molecule has 0 fully saturated rings. The van der Waals surface area contributed by atoms with Gasteiger partial charge in [-0.3, -0.25) is 0 Å². The van der Waals surface area contributed by atoms with Crippen LogP contribution in [0.15, 0.2) is 22.7 Å². The van der Waals surface area contributed by atoms with E-state index in [1.54, 1.807) is 6.07 Å². The van der Waals surface area contributed by atoms with Crippen LogP contribution < -0.4 is 10.6 Å². The predicted molar refractivity (Wildman–Crippen MR) is 80.4 cm³/mol. The number of nitrogens with one attached hydrogen (secondary N) is 2. The monoisotopic (exact) mass is 360 g/mol. The Hall–Kier alpha value is -1.63. The van der Waals surface area contributed by atoms with E-state index in [0.29, 0.717) is 12.0 Å². The van der Waals surface area contributed by atoms with Gasteiger partial charge in [0, 0.05) is 6.54 Å². The average molecular weight is 361 g/mol. The summed E-state index contributed by atoms with van der Waals surface area (Å²) in [5.41, 5.74) is 0.570. The lowest BCUT2D eigenvalue weighted by atomic mass is 10.0. The zero-order valence-corrected chi connectivity index (χ0v) is 13.4. The van der Waals surface area contributed by atoms with Crippen molar-refractivity contribution in [2.75, 3.05) is 0 Å². The number of carboxylic acids is 1. The third kappa shape index (κ3) is 5.71. The summed E-state index contributed by atoms with van der Waals surface area (Å²) in [6, 6.07) is 2.96. The van der Waals surface area contributed by atoms with Crippen LogP contribution in [0.1, 0.15) is 25.8 Å². The van der Waals surface area contributed by atoms with Gasteiger partial charge in [0.1, 0.15) is 11.9 Å². The SMILES string of the molecule is CC(C)CC(NC(=O)NCc1cccc(F)c1Br)C(=O)O. The van der Waals surface area contributed by atoms with Crippen molar-refractivity contribution < 1.29 is 19.1 Å². The van der Waals surface area contributed by atoms with Crippen LogP contribution in [0.3, 0.4) is 0 Å². The van der Waals surface area contributed by atoms with Crippen molar-refractivity contribution in [3.05, 3.63) is 34.1 Å². The molecule has 2 amide bonds. The van der Waals surface area contributed by atoms with E-state index in [-0.39, 0.29) is 16.9 Å². The van der Waals surface area contributed by atoms with Gasteiger partial charge in [0.15, 0.2) is 0 Å². The molecule has 1 rings (SSSR count). The van der Waals surface area contributed by atoms with Crippen molar-refractivity contribution in [1.29, 1.82) is 0 Å². The van der Waals surface area contributed by atoms with Crippen LogP contribution >= 0.6 is 15.9 Å². The zero-order chi connectivity index (χ0) is 16.0. The first kappa shape index (κ1) is 17.4. The van der Waals surface area contributed by atoms with Gasteiger partial charge in [-0.15, -0.1) is 0 Å². The van der Waals surface area contributed by atoms with Crippen molar-refractivity contribution in [3.8, 4) is 0 Å². The van der Waals surface area contributed by atoms with Gasteiger partial charge in [0.25, 0.3) is 0 Å². The Morgan fingerprint density at radius 1 is 1.38 bits per heavy atom. The Balaban J connectivity index is 2.57. The second-order valence-electron chi connectivity index (χ2n) is 5.06. The smallest absolute Gasteiger partial charge is 0.326 e. The van der Waals surface area contributed by atoms with E-state index in [1.807, 2.05) is 13.8 Å². The standard InChI is InChI=1S/C14H18BrFN2O3/c1-8(2)6-11(13(19)20)18-14(21)17-7-9-4-3-5-10(16)12(9)15/h3-5,8,11H,6-7H2,1-2H3,(H,19,20)(H2,17,18,21). The van der Waals surface area contributed by atoms with Gasteiger partial charge < -0.3 is 15.7 Å². The van der Waals surface area contributed by atoms with Crippen molar-refractivity contribution in [1.82, 2.24) is 10.6 Å². The largest absolute Gasteiger partial charge is 0.480 e. The number of carbonyl (C=O) groups excluding carboxylic acids is 1. The third-order valence-corrected chi connectivity index (χ3v) is 3.67. The highest BCUT2D eigenvalue weighted by atomic mass is 79.9. The summed E-state index contributed by atoms with van der Waals surface area (Å²) < 4.78 is 13.6. The summed E-state index contributed by atoms with van der Waals surface area (Å²) in [5.74, 6) is -1.35. The van der Waals surface area contributed by atoms with E-state index in [9.17, 15) is 14.0 Å². The molecule has 1 atom stereocenters. The van der Waals surface area contributed by atoms with Crippen molar-refractivity contribution in [2.45, 2.75) is 32.9 Å². The summed E-state index contributed by atoms with van der Waals surface area (Å²) >= 11 is 3.10. The van der Waals surface area contributed by atoms with Crippen LogP contribution in [0.4, 0.5) is 9.18 Å². The Kier molecular flexibility index (Phi) is 6.61. The maximum Gasteiger partial charge on any atom is 0.326 e. The van der Waals surface area contributed by atoms with Gasteiger partial charge in [-0.05, 0) is 39.9 Å². The molecule has 1 unspecified atom stereocenters. The number of rotatable bonds is 6. The maximum atomic E-state index is 13.3. The number of carboxylic acid groups (broad SMARTS) is 1. The van der Waals surface area contributed by atoms with Gasteiger partial charge >= 0.3 is 12.0 Å². The van der Waals surface area contributed by atoms with Crippen molar-refractivity contribution >= 4 is 27.9 Å². The van der Waals surface area contributed by atoms with Gasteiger partial charge in [-0.2, -0.15) is 0 Å². The quantitative estimate of drug-likeness (QED) is 0.729. The third-order valence-electron chi connectivity index (χ3n) is 2.78. The molecule has 0 heterocycles. The Labute approximate surface area is 131 Å². The predicted octanol–water partition coefficient (Wildman–Crippen LogP) is 2.89. The molecule has 0 radical (unpaired) electrons. The highest BCUT2D eigenvalue weighted by Crippen LogP contribution is 2.20. The normalized spacial score (nSPS) is 12.0. The number of halogens is 2. The van der Waals surface area contributed by atoms with Crippen LogP contribution in [-0.4, -0.2) is 23.1 Å². The van der Waals surface area contributed by atoms with E-state index < -0.39 is 23.9 Å². The van der Waals surface area contributed by atoms with Gasteiger partial charge in [0.2, 0.25) is 0 Å². The molecule has 0 aliphatic heterocycles. The molecule has 0 bridgehead atoms. The first-order valence-corrected chi connectivity index (χ1v) is 7.30. The molecule has 0 aromatic heterocycles. The van der Waals surface area contributed by atoms with Crippen LogP contribution in [0.2, 0.25) is 0 Å². The fraction of sp³-hybridized carbons (Fsp3) is 0.429. The van der Waals surface area contributed by atoms with Gasteiger partial charge in [-0.1, -0.05) is 26.0 Å². The number of hydrogen-bond donors (Lipinski definition) is 3. The molecule has 0 saturated heterocycles. The summed E-state index contributed by atoms with van der Waals surface area (Å²) in [6.07, 6.45) is 0.340. The number of benzene rings is 1. The summed E-state index contributed by atoms with van der Waals surface area (Å²) in [5, 5.41) is 13.9. The van der Waals surface area contributed by atoms with Crippen LogP contribution in [0.25, 0.3) is 0 Å². The van der Waals surface area contributed by atoms with Crippen LogP contribution in [-0.2, 0) is 11.3 Å². The molecule has 116 valence electrons. The lowest BCUT2D eigenvalue weighted by Gasteiger charge is -2.17. The summed E-state index contributed by atoms with van der Waals surface area (Å²) in [6.45, 7) is 3.84. The number of aliphatic carboxylic acids is 1. The van der Waals surface area contributed by atoms with Gasteiger partial charge in [-0.25, -0.2) is 14.0 Å².